The fourth-order valence-corrected chi connectivity index (χ4v) is 1.42. The molecule has 0 saturated carbocycles. The van der Waals surface area contributed by atoms with Gasteiger partial charge in [-0.1, -0.05) is 0 Å². The van der Waals surface area contributed by atoms with Crippen LogP contribution in [0.15, 0.2) is 11.1 Å². The smallest absolute Gasteiger partial charge is 0.433 e. The summed E-state index contributed by atoms with van der Waals surface area (Å²) in [6, 6.07) is -0.0396. The standard InChI is InChI=1S/C7H9F3N2O2S/c1-4(2)12-5(7(8,9)10)3-6(11-12)15(13)14/h3-4H,1-2H3,(H,13,14)/p-1. The molecule has 0 aliphatic carbocycles. The zero-order valence-electron chi connectivity index (χ0n) is 7.91. The molecule has 4 nitrogen and oxygen atoms in total. The third-order valence-corrected chi connectivity index (χ3v) is 2.20. The highest BCUT2D eigenvalue weighted by atomic mass is 32.2. The van der Waals surface area contributed by atoms with Gasteiger partial charge in [0.05, 0.1) is 0 Å². The number of alkyl halides is 3. The molecule has 86 valence electrons. The molecule has 8 heteroatoms. The van der Waals surface area contributed by atoms with E-state index < -0.39 is 34.0 Å². The highest BCUT2D eigenvalue weighted by Crippen LogP contribution is 2.31. The van der Waals surface area contributed by atoms with E-state index in [-0.39, 0.29) is 0 Å². The minimum atomic E-state index is -4.60. The first kappa shape index (κ1) is 12.2. The van der Waals surface area contributed by atoms with Gasteiger partial charge in [0.2, 0.25) is 0 Å². The quantitative estimate of drug-likeness (QED) is 0.741. The monoisotopic (exact) mass is 241 g/mol. The molecule has 0 aromatic carbocycles. The molecule has 0 spiro atoms. The Morgan fingerprint density at radius 2 is 2.07 bits per heavy atom. The lowest BCUT2D eigenvalue weighted by Gasteiger charge is -2.12. The van der Waals surface area contributed by atoms with Crippen molar-refractivity contribution >= 4 is 11.1 Å². The second-order valence-electron chi connectivity index (χ2n) is 3.14. The highest BCUT2D eigenvalue weighted by Gasteiger charge is 2.36. The van der Waals surface area contributed by atoms with Crippen molar-refractivity contribution in [1.82, 2.24) is 9.78 Å². The summed E-state index contributed by atoms with van der Waals surface area (Å²) in [4.78, 5) is 0. The fraction of sp³-hybridized carbons (Fsp3) is 0.571. The minimum absolute atomic E-state index is 0.517. The number of hydrogen-bond acceptors (Lipinski definition) is 3. The maximum atomic E-state index is 12.4. The summed E-state index contributed by atoms with van der Waals surface area (Å²) in [5.41, 5.74) is -1.06. The average molecular weight is 241 g/mol. The molecule has 1 unspecified atom stereocenters. The van der Waals surface area contributed by atoms with Gasteiger partial charge in [0, 0.05) is 12.1 Å². The Labute approximate surface area is 86.4 Å². The molecule has 1 rings (SSSR count). The van der Waals surface area contributed by atoms with E-state index in [9.17, 15) is 21.9 Å². The van der Waals surface area contributed by atoms with Crippen molar-refractivity contribution in [2.24, 2.45) is 0 Å². The van der Waals surface area contributed by atoms with E-state index in [1.165, 1.54) is 13.8 Å². The van der Waals surface area contributed by atoms with Gasteiger partial charge in [-0.3, -0.25) is 8.89 Å². The predicted octanol–water partition coefficient (Wildman–Crippen LogP) is 1.72. The summed E-state index contributed by atoms with van der Waals surface area (Å²) in [5.74, 6) is 0. The van der Waals surface area contributed by atoms with Crippen molar-refractivity contribution in [2.75, 3.05) is 0 Å². The van der Waals surface area contributed by atoms with Crippen LogP contribution in [0.2, 0.25) is 0 Å². The van der Waals surface area contributed by atoms with Gasteiger partial charge in [-0.05, 0) is 24.9 Å². The molecule has 0 N–H and O–H groups in total. The lowest BCUT2D eigenvalue weighted by atomic mass is 10.3. The van der Waals surface area contributed by atoms with Crippen molar-refractivity contribution in [3.63, 3.8) is 0 Å². The Kier molecular flexibility index (Phi) is 3.19. The molecule has 0 fully saturated rings. The summed E-state index contributed by atoms with van der Waals surface area (Å²) in [6.07, 6.45) is -4.60. The summed E-state index contributed by atoms with van der Waals surface area (Å²) in [7, 11) is 0. The first-order valence-electron chi connectivity index (χ1n) is 3.99. The third kappa shape index (κ3) is 2.57. The van der Waals surface area contributed by atoms with E-state index in [4.69, 9.17) is 0 Å². The maximum absolute atomic E-state index is 12.4. The van der Waals surface area contributed by atoms with E-state index in [1.807, 2.05) is 0 Å². The van der Waals surface area contributed by atoms with Crippen LogP contribution in [-0.4, -0.2) is 18.5 Å². The van der Waals surface area contributed by atoms with E-state index in [1.54, 1.807) is 0 Å². The summed E-state index contributed by atoms with van der Waals surface area (Å²) < 4.78 is 58.9. The van der Waals surface area contributed by atoms with Crippen LogP contribution in [0.4, 0.5) is 13.2 Å². The molecule has 0 aliphatic rings. The summed E-state index contributed by atoms with van der Waals surface area (Å²) in [6.45, 7) is 2.97. The molecule has 0 saturated heterocycles. The largest absolute Gasteiger partial charge is 0.767 e. The van der Waals surface area contributed by atoms with Crippen LogP contribution in [0.3, 0.4) is 0 Å². The Morgan fingerprint density at radius 1 is 1.53 bits per heavy atom. The number of aromatic nitrogens is 2. The van der Waals surface area contributed by atoms with E-state index in [0.29, 0.717) is 10.7 Å². The van der Waals surface area contributed by atoms with Crippen molar-refractivity contribution < 1.29 is 21.9 Å². The van der Waals surface area contributed by atoms with Gasteiger partial charge in [-0.15, -0.1) is 0 Å². The average Bonchev–Trinajstić information content (AvgIpc) is 2.45. The lowest BCUT2D eigenvalue weighted by Crippen LogP contribution is -2.16. The maximum Gasteiger partial charge on any atom is 0.433 e. The Bertz CT molecular complexity index is 386. The van der Waals surface area contributed by atoms with Gasteiger partial charge in [0.15, 0.2) is 0 Å². The number of rotatable bonds is 2. The second-order valence-corrected chi connectivity index (χ2v) is 4.03. The van der Waals surface area contributed by atoms with Gasteiger partial charge < -0.3 is 4.55 Å². The Morgan fingerprint density at radius 3 is 2.33 bits per heavy atom. The molecule has 0 amide bonds. The van der Waals surface area contributed by atoms with Gasteiger partial charge in [-0.25, -0.2) is 0 Å². The topological polar surface area (TPSA) is 58.0 Å². The second kappa shape index (κ2) is 3.93. The van der Waals surface area contributed by atoms with Crippen LogP contribution in [0.1, 0.15) is 25.6 Å². The SMILES string of the molecule is CC(C)n1nc(S(=O)[O-])cc1C(F)(F)F. The summed E-state index contributed by atoms with van der Waals surface area (Å²) in [5, 5.41) is 2.76. The van der Waals surface area contributed by atoms with Gasteiger partial charge in [0.25, 0.3) is 0 Å². The number of nitrogens with zero attached hydrogens (tertiary/aromatic N) is 2. The van der Waals surface area contributed by atoms with E-state index >= 15 is 0 Å². The first-order chi connectivity index (χ1) is 6.73. The van der Waals surface area contributed by atoms with Gasteiger partial charge in [-0.2, -0.15) is 18.3 Å². The van der Waals surface area contributed by atoms with E-state index in [0.717, 1.165) is 0 Å². The van der Waals surface area contributed by atoms with Crippen molar-refractivity contribution in [2.45, 2.75) is 31.1 Å². The van der Waals surface area contributed by atoms with Crippen molar-refractivity contribution in [3.8, 4) is 0 Å². The number of hydrogen-bond donors (Lipinski definition) is 0. The number of halogens is 3. The molecule has 15 heavy (non-hydrogen) atoms. The lowest BCUT2D eigenvalue weighted by molar-refractivity contribution is -0.144. The van der Waals surface area contributed by atoms with Crippen LogP contribution in [0, 0.1) is 0 Å². The Hall–Kier alpha value is -0.890. The van der Waals surface area contributed by atoms with Crippen LogP contribution in [0.25, 0.3) is 0 Å². The van der Waals surface area contributed by atoms with Crippen LogP contribution in [-0.2, 0) is 17.3 Å². The zero-order valence-corrected chi connectivity index (χ0v) is 8.72. The zero-order chi connectivity index (χ0) is 11.8. The molecular formula is C7H8F3N2O2S-. The molecule has 1 atom stereocenters. The van der Waals surface area contributed by atoms with Crippen LogP contribution < -0.4 is 0 Å². The van der Waals surface area contributed by atoms with Crippen LogP contribution >= 0.6 is 0 Å². The first-order valence-corrected chi connectivity index (χ1v) is 5.07. The van der Waals surface area contributed by atoms with Gasteiger partial charge >= 0.3 is 6.18 Å². The van der Waals surface area contributed by atoms with Gasteiger partial charge in [0.1, 0.15) is 10.7 Å². The fourth-order valence-electron chi connectivity index (χ4n) is 1.06. The molecule has 1 heterocycles. The molecule has 0 radical (unpaired) electrons. The normalized spacial score (nSPS) is 14.6. The van der Waals surface area contributed by atoms with Crippen molar-refractivity contribution in [1.29, 1.82) is 0 Å². The molecular weight excluding hydrogens is 233 g/mol. The van der Waals surface area contributed by atoms with E-state index in [2.05, 4.69) is 5.10 Å². The molecule has 0 bridgehead atoms. The molecule has 1 aromatic heterocycles. The predicted molar refractivity (Wildman–Crippen MR) is 44.8 cm³/mol. The molecule has 1 aromatic rings. The van der Waals surface area contributed by atoms with Crippen LogP contribution in [0.5, 0.6) is 0 Å². The minimum Gasteiger partial charge on any atom is -0.767 e. The van der Waals surface area contributed by atoms with Crippen molar-refractivity contribution in [3.05, 3.63) is 11.8 Å². The highest BCUT2D eigenvalue weighted by molar-refractivity contribution is 7.79. The Balaban J connectivity index is 3.30. The summed E-state index contributed by atoms with van der Waals surface area (Å²) >= 11 is -2.75. The third-order valence-electron chi connectivity index (χ3n) is 1.66. The molecule has 0 aliphatic heterocycles.